The molecule has 2 rings (SSSR count). The molecule has 1 spiro atoms. The highest BCUT2D eigenvalue weighted by Crippen LogP contribution is 2.39. The first-order valence-corrected chi connectivity index (χ1v) is 5.40. The van der Waals surface area contributed by atoms with Crippen LogP contribution >= 0.6 is 12.4 Å². The third-order valence-electron chi connectivity index (χ3n) is 3.23. The Labute approximate surface area is 105 Å². The molecular weight excluding hydrogens is 246 g/mol. The van der Waals surface area contributed by atoms with Crippen molar-refractivity contribution in [2.75, 3.05) is 13.1 Å². The van der Waals surface area contributed by atoms with Crippen molar-refractivity contribution in [1.82, 2.24) is 15.8 Å². The van der Waals surface area contributed by atoms with Gasteiger partial charge in [0.1, 0.15) is 0 Å². The molecule has 0 aromatic rings. The number of piperidine rings is 1. The lowest BCUT2D eigenvalue weighted by Crippen LogP contribution is -2.49. The zero-order valence-corrected chi connectivity index (χ0v) is 10.4. The molecule has 0 saturated carbocycles. The van der Waals surface area contributed by atoms with E-state index in [4.69, 9.17) is 0 Å². The largest absolute Gasteiger partial charge is 0.317 e. The summed E-state index contributed by atoms with van der Waals surface area (Å²) in [5, 5.41) is 4.04. The highest BCUT2D eigenvalue weighted by atomic mass is 35.5. The molecule has 3 amide bonds. The first-order valence-electron chi connectivity index (χ1n) is 5.40. The number of hydrazine groups is 1. The molecule has 2 aliphatic heterocycles. The van der Waals surface area contributed by atoms with Gasteiger partial charge in [-0.05, 0) is 25.9 Å². The maximum absolute atomic E-state index is 12.1. The van der Waals surface area contributed by atoms with Gasteiger partial charge in [-0.2, -0.15) is 5.01 Å². The lowest BCUT2D eigenvalue weighted by atomic mass is 9.77. The molecule has 0 aliphatic carbocycles. The van der Waals surface area contributed by atoms with Crippen molar-refractivity contribution in [2.24, 2.45) is 5.41 Å². The van der Waals surface area contributed by atoms with E-state index in [0.717, 1.165) is 18.1 Å². The molecule has 0 unspecified atom stereocenters. The molecule has 7 heteroatoms. The predicted octanol–water partition coefficient (Wildman–Crippen LogP) is -0.412. The molecule has 2 saturated heterocycles. The van der Waals surface area contributed by atoms with E-state index >= 15 is 0 Å². The Morgan fingerprint density at radius 1 is 1.35 bits per heavy atom. The van der Waals surface area contributed by atoms with Crippen LogP contribution in [0.1, 0.15) is 26.2 Å². The lowest BCUT2D eigenvalue weighted by Gasteiger charge is -2.30. The summed E-state index contributed by atoms with van der Waals surface area (Å²) in [5.41, 5.74) is 1.71. The summed E-state index contributed by atoms with van der Waals surface area (Å²) in [6.45, 7) is 2.77. The lowest BCUT2D eigenvalue weighted by molar-refractivity contribution is -0.150. The number of imide groups is 1. The molecule has 2 N–H and O–H groups in total. The molecule has 0 bridgehead atoms. The first-order chi connectivity index (χ1) is 7.55. The normalized spacial score (nSPS) is 22.5. The van der Waals surface area contributed by atoms with Gasteiger partial charge in [-0.3, -0.25) is 19.8 Å². The molecule has 2 fully saturated rings. The number of carbonyl (C=O) groups is 3. The van der Waals surface area contributed by atoms with E-state index in [9.17, 15) is 14.4 Å². The van der Waals surface area contributed by atoms with Gasteiger partial charge in [0.25, 0.3) is 5.91 Å². The van der Waals surface area contributed by atoms with Crippen LogP contribution in [0.15, 0.2) is 0 Å². The van der Waals surface area contributed by atoms with Crippen molar-refractivity contribution in [3.05, 3.63) is 0 Å². The fourth-order valence-electron chi connectivity index (χ4n) is 2.36. The van der Waals surface area contributed by atoms with Crippen LogP contribution in [0, 0.1) is 5.41 Å². The Hall–Kier alpha value is -1.14. The van der Waals surface area contributed by atoms with Crippen LogP contribution in [0.25, 0.3) is 0 Å². The second kappa shape index (κ2) is 5.01. The number of halogens is 1. The summed E-state index contributed by atoms with van der Waals surface area (Å²) < 4.78 is 0. The Morgan fingerprint density at radius 3 is 2.47 bits per heavy atom. The Bertz CT molecular complexity index is 353. The van der Waals surface area contributed by atoms with Crippen LogP contribution in [0.5, 0.6) is 0 Å². The van der Waals surface area contributed by atoms with Gasteiger partial charge >= 0.3 is 0 Å². The Morgan fingerprint density at radius 2 is 1.94 bits per heavy atom. The standard InChI is InChI=1S/C10H15N3O3.ClH/c1-7(14)12-13-8(15)6-10(9(13)16)2-4-11-5-3-10;/h11H,2-6H2,1H3,(H,12,14);1H. The molecule has 2 aliphatic rings. The first kappa shape index (κ1) is 13.9. The fourth-order valence-corrected chi connectivity index (χ4v) is 2.36. The number of hydrogen-bond donors (Lipinski definition) is 2. The minimum atomic E-state index is -0.579. The summed E-state index contributed by atoms with van der Waals surface area (Å²) >= 11 is 0. The van der Waals surface area contributed by atoms with E-state index in [-0.39, 0.29) is 30.6 Å². The smallest absolute Gasteiger partial charge is 0.255 e. The zero-order valence-electron chi connectivity index (χ0n) is 9.62. The Kier molecular flexibility index (Phi) is 4.11. The zero-order chi connectivity index (χ0) is 11.8. The van der Waals surface area contributed by atoms with Crippen molar-refractivity contribution < 1.29 is 14.4 Å². The Balaban J connectivity index is 0.00000144. The van der Waals surface area contributed by atoms with Crippen molar-refractivity contribution in [3.8, 4) is 0 Å². The average molecular weight is 262 g/mol. The maximum Gasteiger partial charge on any atom is 0.255 e. The molecule has 0 aromatic carbocycles. The average Bonchev–Trinajstić information content (AvgIpc) is 2.44. The second-order valence-corrected chi connectivity index (χ2v) is 4.41. The number of amides is 3. The summed E-state index contributed by atoms with van der Waals surface area (Å²) in [6.07, 6.45) is 1.54. The van der Waals surface area contributed by atoms with E-state index in [1.165, 1.54) is 6.92 Å². The summed E-state index contributed by atoms with van der Waals surface area (Å²) in [5.74, 6) is -0.955. The van der Waals surface area contributed by atoms with Crippen LogP contribution in [0.3, 0.4) is 0 Å². The molecule has 0 aromatic heterocycles. The van der Waals surface area contributed by atoms with Gasteiger partial charge in [-0.15, -0.1) is 12.4 Å². The highest BCUT2D eigenvalue weighted by molar-refractivity contribution is 6.06. The van der Waals surface area contributed by atoms with Gasteiger partial charge in [-0.25, -0.2) is 0 Å². The summed E-state index contributed by atoms with van der Waals surface area (Å²) in [7, 11) is 0. The van der Waals surface area contributed by atoms with E-state index in [1.54, 1.807) is 0 Å². The number of nitrogens with one attached hydrogen (secondary N) is 2. The molecule has 0 radical (unpaired) electrons. The molecule has 17 heavy (non-hydrogen) atoms. The number of carbonyl (C=O) groups excluding carboxylic acids is 3. The van der Waals surface area contributed by atoms with E-state index in [0.29, 0.717) is 12.8 Å². The van der Waals surface area contributed by atoms with Gasteiger partial charge in [0.2, 0.25) is 11.8 Å². The van der Waals surface area contributed by atoms with Crippen LogP contribution in [-0.4, -0.2) is 35.8 Å². The van der Waals surface area contributed by atoms with Crippen molar-refractivity contribution >= 4 is 30.1 Å². The van der Waals surface area contributed by atoms with Crippen LogP contribution in [0.4, 0.5) is 0 Å². The number of hydrogen-bond acceptors (Lipinski definition) is 4. The van der Waals surface area contributed by atoms with Gasteiger partial charge in [-0.1, -0.05) is 0 Å². The minimum absolute atomic E-state index is 0. The van der Waals surface area contributed by atoms with Crippen molar-refractivity contribution in [3.63, 3.8) is 0 Å². The molecule has 2 heterocycles. The van der Waals surface area contributed by atoms with E-state index in [2.05, 4.69) is 10.7 Å². The molecular formula is C10H16ClN3O3. The van der Waals surface area contributed by atoms with Crippen molar-refractivity contribution in [1.29, 1.82) is 0 Å². The SMILES string of the molecule is CC(=O)NN1C(=O)CC2(CCNCC2)C1=O.Cl. The van der Waals surface area contributed by atoms with Gasteiger partial charge in [0, 0.05) is 13.3 Å². The third kappa shape index (κ3) is 2.42. The third-order valence-corrected chi connectivity index (χ3v) is 3.23. The van der Waals surface area contributed by atoms with Crippen LogP contribution in [0.2, 0.25) is 0 Å². The fraction of sp³-hybridized carbons (Fsp3) is 0.700. The van der Waals surface area contributed by atoms with Crippen LogP contribution in [-0.2, 0) is 14.4 Å². The van der Waals surface area contributed by atoms with Crippen molar-refractivity contribution in [2.45, 2.75) is 26.2 Å². The minimum Gasteiger partial charge on any atom is -0.317 e. The van der Waals surface area contributed by atoms with E-state index in [1.807, 2.05) is 0 Å². The molecule has 6 nitrogen and oxygen atoms in total. The summed E-state index contributed by atoms with van der Waals surface area (Å²) in [6, 6.07) is 0. The number of nitrogens with zero attached hydrogens (tertiary/aromatic N) is 1. The molecule has 96 valence electrons. The van der Waals surface area contributed by atoms with Gasteiger partial charge in [0.15, 0.2) is 0 Å². The topological polar surface area (TPSA) is 78.5 Å². The number of rotatable bonds is 1. The van der Waals surface area contributed by atoms with Crippen LogP contribution < -0.4 is 10.7 Å². The summed E-state index contributed by atoms with van der Waals surface area (Å²) in [4.78, 5) is 34.6. The quantitative estimate of drug-likeness (QED) is 0.629. The van der Waals surface area contributed by atoms with Gasteiger partial charge < -0.3 is 5.32 Å². The molecule has 0 atom stereocenters. The maximum atomic E-state index is 12.1. The van der Waals surface area contributed by atoms with E-state index < -0.39 is 11.3 Å². The highest BCUT2D eigenvalue weighted by Gasteiger charge is 2.52. The monoisotopic (exact) mass is 261 g/mol. The van der Waals surface area contributed by atoms with Gasteiger partial charge in [0.05, 0.1) is 5.41 Å². The predicted molar refractivity (Wildman–Crippen MR) is 62.1 cm³/mol. The second-order valence-electron chi connectivity index (χ2n) is 4.41.